The summed E-state index contributed by atoms with van der Waals surface area (Å²) in [7, 11) is 0.336. The predicted molar refractivity (Wildman–Crippen MR) is 63.3 cm³/mol. The average Bonchev–Trinajstić information content (AvgIpc) is 2.28. The van der Waals surface area contributed by atoms with Crippen LogP contribution in [0.4, 0.5) is 0 Å². The van der Waals surface area contributed by atoms with Crippen LogP contribution in [0.3, 0.4) is 0 Å². The molecule has 0 fully saturated rings. The van der Waals surface area contributed by atoms with Crippen molar-refractivity contribution < 1.29 is 19.0 Å². The van der Waals surface area contributed by atoms with Gasteiger partial charge in [-0.05, 0) is 20.3 Å². The first kappa shape index (κ1) is 15.6. The molecule has 5 heteroatoms. The smallest absolute Gasteiger partial charge is 0.305 e. The molecule has 2 radical (unpaired) electrons. The van der Waals surface area contributed by atoms with E-state index in [1.807, 2.05) is 20.8 Å². The van der Waals surface area contributed by atoms with Crippen LogP contribution < -0.4 is 0 Å². The van der Waals surface area contributed by atoms with E-state index < -0.39 is 0 Å². The molecule has 4 nitrogen and oxygen atoms in total. The molecule has 0 spiro atoms. The standard InChI is InChI=1S/C11H22O4Si/c1-5-9(12)15-10(6-2)16-11(13-7-3)14-8-4/h10-11H,5-8H2,1-4H3. The lowest BCUT2D eigenvalue weighted by Crippen LogP contribution is -2.36. The van der Waals surface area contributed by atoms with Gasteiger partial charge < -0.3 is 14.2 Å². The van der Waals surface area contributed by atoms with Gasteiger partial charge in [0.1, 0.15) is 5.91 Å². The normalized spacial score (nSPS) is 12.8. The lowest BCUT2D eigenvalue weighted by molar-refractivity contribution is -0.146. The largest absolute Gasteiger partial charge is 0.467 e. The zero-order chi connectivity index (χ0) is 12.4. The third-order valence-corrected chi connectivity index (χ3v) is 3.39. The third kappa shape index (κ3) is 6.98. The summed E-state index contributed by atoms with van der Waals surface area (Å²) >= 11 is 0. The number of rotatable bonds is 9. The van der Waals surface area contributed by atoms with Gasteiger partial charge in [-0.15, -0.1) is 0 Å². The molecule has 0 aromatic carbocycles. The second-order valence-electron chi connectivity index (χ2n) is 3.15. The third-order valence-electron chi connectivity index (χ3n) is 1.89. The monoisotopic (exact) mass is 246 g/mol. The van der Waals surface area contributed by atoms with Gasteiger partial charge in [0, 0.05) is 19.6 Å². The Balaban J connectivity index is 4.08. The van der Waals surface area contributed by atoms with E-state index in [1.54, 1.807) is 6.92 Å². The zero-order valence-corrected chi connectivity index (χ0v) is 11.6. The molecule has 0 N–H and O–H groups in total. The highest BCUT2D eigenvalue weighted by Gasteiger charge is 2.20. The fourth-order valence-electron chi connectivity index (χ4n) is 1.08. The van der Waals surface area contributed by atoms with Gasteiger partial charge in [0.05, 0.1) is 5.73 Å². The molecular formula is C11H22O4Si. The van der Waals surface area contributed by atoms with Crippen LogP contribution in [0.2, 0.25) is 0 Å². The topological polar surface area (TPSA) is 44.8 Å². The van der Waals surface area contributed by atoms with Crippen molar-refractivity contribution in [3.05, 3.63) is 0 Å². The number of carbonyl (C=O) groups is 1. The molecule has 0 aliphatic heterocycles. The van der Waals surface area contributed by atoms with Gasteiger partial charge in [-0.3, -0.25) is 4.79 Å². The molecule has 0 bridgehead atoms. The van der Waals surface area contributed by atoms with E-state index >= 15 is 0 Å². The Labute approximate surface area is 100 Å². The van der Waals surface area contributed by atoms with Crippen LogP contribution in [0.1, 0.15) is 40.5 Å². The van der Waals surface area contributed by atoms with Gasteiger partial charge in [0.25, 0.3) is 0 Å². The first-order chi connectivity index (χ1) is 7.67. The fourth-order valence-corrected chi connectivity index (χ4v) is 2.34. The van der Waals surface area contributed by atoms with Crippen molar-refractivity contribution in [1.29, 1.82) is 0 Å². The summed E-state index contributed by atoms with van der Waals surface area (Å²) in [6.07, 6.45) is 1.20. The molecule has 1 unspecified atom stereocenters. The number of hydrogen-bond acceptors (Lipinski definition) is 4. The van der Waals surface area contributed by atoms with E-state index in [2.05, 4.69) is 0 Å². The molecule has 16 heavy (non-hydrogen) atoms. The van der Waals surface area contributed by atoms with Gasteiger partial charge in [-0.25, -0.2) is 0 Å². The summed E-state index contributed by atoms with van der Waals surface area (Å²) < 4.78 is 16.1. The number of esters is 1. The van der Waals surface area contributed by atoms with Gasteiger partial charge in [0.2, 0.25) is 0 Å². The molecule has 0 aliphatic carbocycles. The fraction of sp³-hybridized carbons (Fsp3) is 0.909. The summed E-state index contributed by atoms with van der Waals surface area (Å²) in [5.41, 5.74) is -0.0875. The average molecular weight is 246 g/mol. The minimum absolute atomic E-state index is 0.0875. The van der Waals surface area contributed by atoms with Crippen LogP contribution in [-0.4, -0.2) is 40.3 Å². The van der Waals surface area contributed by atoms with Gasteiger partial charge in [-0.1, -0.05) is 13.8 Å². The van der Waals surface area contributed by atoms with E-state index in [-0.39, 0.29) is 17.6 Å². The minimum atomic E-state index is -0.246. The molecule has 94 valence electrons. The predicted octanol–water partition coefficient (Wildman–Crippen LogP) is 1.74. The van der Waals surface area contributed by atoms with Gasteiger partial charge >= 0.3 is 5.97 Å². The van der Waals surface area contributed by atoms with Crippen LogP contribution in [0.15, 0.2) is 0 Å². The molecule has 0 saturated carbocycles. The van der Waals surface area contributed by atoms with E-state index in [0.29, 0.717) is 29.2 Å². The summed E-state index contributed by atoms with van der Waals surface area (Å²) in [5, 5.41) is 0. The van der Waals surface area contributed by atoms with E-state index in [1.165, 1.54) is 0 Å². The minimum Gasteiger partial charge on any atom is -0.467 e. The van der Waals surface area contributed by atoms with Gasteiger partial charge in [-0.2, -0.15) is 0 Å². The number of ether oxygens (including phenoxy) is 3. The van der Waals surface area contributed by atoms with Crippen molar-refractivity contribution in [1.82, 2.24) is 0 Å². The summed E-state index contributed by atoms with van der Waals surface area (Å²) in [4.78, 5) is 11.2. The Morgan fingerprint density at radius 1 is 1.12 bits per heavy atom. The van der Waals surface area contributed by atoms with Crippen LogP contribution >= 0.6 is 0 Å². The molecule has 0 aromatic rings. The maximum atomic E-state index is 11.2. The SMILES string of the molecule is CCOC(OCC)[Si]C(CC)OC(=O)CC. The highest BCUT2D eigenvalue weighted by atomic mass is 28.2. The lowest BCUT2D eigenvalue weighted by Gasteiger charge is -2.21. The van der Waals surface area contributed by atoms with E-state index in [4.69, 9.17) is 14.2 Å². The Hall–Kier alpha value is -0.393. The summed E-state index contributed by atoms with van der Waals surface area (Å²) in [6.45, 7) is 8.85. The Morgan fingerprint density at radius 2 is 1.69 bits per heavy atom. The van der Waals surface area contributed by atoms with Crippen molar-refractivity contribution in [2.24, 2.45) is 0 Å². The second-order valence-corrected chi connectivity index (χ2v) is 4.60. The van der Waals surface area contributed by atoms with Crippen molar-refractivity contribution in [2.45, 2.75) is 52.2 Å². The zero-order valence-electron chi connectivity index (χ0n) is 10.6. The molecule has 0 aromatic heterocycles. The van der Waals surface area contributed by atoms with Crippen LogP contribution in [-0.2, 0) is 19.0 Å². The maximum absolute atomic E-state index is 11.2. The van der Waals surface area contributed by atoms with Crippen LogP contribution in [0.25, 0.3) is 0 Å². The molecule has 0 aliphatic rings. The molecule has 0 amide bonds. The number of carbonyl (C=O) groups excluding carboxylic acids is 1. The van der Waals surface area contributed by atoms with Gasteiger partial charge in [0.15, 0.2) is 9.52 Å². The van der Waals surface area contributed by atoms with Crippen molar-refractivity contribution in [2.75, 3.05) is 13.2 Å². The first-order valence-corrected chi connectivity index (χ1v) is 7.01. The molecule has 0 saturated heterocycles. The van der Waals surface area contributed by atoms with Crippen LogP contribution in [0.5, 0.6) is 0 Å². The Morgan fingerprint density at radius 3 is 2.06 bits per heavy atom. The van der Waals surface area contributed by atoms with E-state index in [0.717, 1.165) is 6.42 Å². The highest BCUT2D eigenvalue weighted by molar-refractivity contribution is 6.38. The molecule has 1 atom stereocenters. The quantitative estimate of drug-likeness (QED) is 0.353. The molecule has 0 rings (SSSR count). The first-order valence-electron chi connectivity index (χ1n) is 5.86. The lowest BCUT2D eigenvalue weighted by atomic mass is 10.5. The van der Waals surface area contributed by atoms with Crippen molar-refractivity contribution in [3.8, 4) is 0 Å². The Kier molecular flexibility index (Phi) is 9.57. The van der Waals surface area contributed by atoms with Crippen molar-refractivity contribution in [3.63, 3.8) is 0 Å². The summed E-state index contributed by atoms with van der Waals surface area (Å²) in [5.74, 6) is -0.407. The highest BCUT2D eigenvalue weighted by Crippen LogP contribution is 2.04. The maximum Gasteiger partial charge on any atom is 0.305 e. The van der Waals surface area contributed by atoms with E-state index in [9.17, 15) is 4.79 Å². The van der Waals surface area contributed by atoms with Crippen LogP contribution in [0, 0.1) is 0 Å². The Bertz CT molecular complexity index is 181. The van der Waals surface area contributed by atoms with Crippen molar-refractivity contribution >= 4 is 15.5 Å². The molecule has 0 heterocycles. The second kappa shape index (κ2) is 9.81. The number of hydrogen-bond donors (Lipinski definition) is 0. The molecular weight excluding hydrogens is 224 g/mol. The summed E-state index contributed by atoms with van der Waals surface area (Å²) in [6, 6.07) is 0.